The third-order valence-electron chi connectivity index (χ3n) is 4.44. The summed E-state index contributed by atoms with van der Waals surface area (Å²) in [4.78, 5) is 14.9. The number of carbonyl (C=O) groups is 1. The molecule has 1 heterocycles. The van der Waals surface area contributed by atoms with E-state index in [2.05, 4.69) is 10.0 Å². The van der Waals surface area contributed by atoms with Crippen LogP contribution >= 0.6 is 12.4 Å². The van der Waals surface area contributed by atoms with Crippen molar-refractivity contribution in [2.75, 3.05) is 37.7 Å². The first-order valence-electron chi connectivity index (χ1n) is 8.61. The smallest absolute Gasteiger partial charge is 0.254 e. The minimum absolute atomic E-state index is 0. The van der Waals surface area contributed by atoms with E-state index in [1.165, 1.54) is 0 Å². The number of ether oxygens (including phenoxy) is 1. The van der Waals surface area contributed by atoms with Gasteiger partial charge in [-0.3, -0.25) is 9.52 Å². The zero-order valence-corrected chi connectivity index (χ0v) is 17.3. The van der Waals surface area contributed by atoms with Crippen molar-refractivity contribution in [3.63, 3.8) is 0 Å². The Kier molecular flexibility index (Phi) is 7.29. The number of halogens is 1. The lowest BCUT2D eigenvalue weighted by Crippen LogP contribution is -2.48. The number of sulfonamides is 1. The molecule has 28 heavy (non-hydrogen) atoms. The number of nitrogens with zero attached hydrogens (tertiary/aromatic N) is 1. The molecular formula is C19H24ClN3O4S. The van der Waals surface area contributed by atoms with Crippen LogP contribution in [0.4, 0.5) is 5.69 Å². The molecule has 1 aliphatic rings. The van der Waals surface area contributed by atoms with Gasteiger partial charge in [-0.25, -0.2) is 8.42 Å². The number of hydrogen-bond donors (Lipinski definition) is 2. The summed E-state index contributed by atoms with van der Waals surface area (Å²) in [5.41, 5.74) is 1.89. The highest BCUT2D eigenvalue weighted by atomic mass is 35.5. The number of methoxy groups -OCH3 is 1. The van der Waals surface area contributed by atoms with Gasteiger partial charge in [0.05, 0.1) is 19.4 Å². The molecule has 3 rings (SSSR count). The van der Waals surface area contributed by atoms with E-state index < -0.39 is 10.0 Å². The number of para-hydroxylation sites is 1. The lowest BCUT2D eigenvalue weighted by Gasteiger charge is -2.37. The largest absolute Gasteiger partial charge is 0.496 e. The molecule has 1 saturated heterocycles. The Morgan fingerprint density at radius 3 is 2.50 bits per heavy atom. The van der Waals surface area contributed by atoms with E-state index in [1.54, 1.807) is 31.4 Å². The quantitative estimate of drug-likeness (QED) is 0.767. The minimum atomic E-state index is -3.35. The molecule has 1 amide bonds. The Morgan fingerprint density at radius 2 is 1.86 bits per heavy atom. The van der Waals surface area contributed by atoms with Crippen molar-refractivity contribution >= 4 is 34.0 Å². The number of nitrogens with one attached hydrogen (secondary N) is 2. The molecule has 0 spiro atoms. The fourth-order valence-electron chi connectivity index (χ4n) is 3.23. The van der Waals surface area contributed by atoms with Gasteiger partial charge in [0, 0.05) is 36.4 Å². The first-order valence-corrected chi connectivity index (χ1v) is 10.5. The Labute approximate surface area is 171 Å². The van der Waals surface area contributed by atoms with Crippen LogP contribution in [0.5, 0.6) is 5.75 Å². The molecule has 0 saturated carbocycles. The second-order valence-electron chi connectivity index (χ2n) is 6.41. The predicted molar refractivity (Wildman–Crippen MR) is 112 cm³/mol. The van der Waals surface area contributed by atoms with Crippen molar-refractivity contribution in [1.29, 1.82) is 0 Å². The molecule has 2 aromatic rings. The lowest BCUT2D eigenvalue weighted by molar-refractivity contribution is 0.0631. The van der Waals surface area contributed by atoms with Gasteiger partial charge in [-0.1, -0.05) is 18.2 Å². The zero-order chi connectivity index (χ0) is 19.4. The second-order valence-corrected chi connectivity index (χ2v) is 8.16. The van der Waals surface area contributed by atoms with Crippen LogP contribution in [0.1, 0.15) is 22.0 Å². The molecular weight excluding hydrogens is 402 g/mol. The first kappa shape index (κ1) is 22.0. The maximum absolute atomic E-state index is 13.1. The molecule has 2 N–H and O–H groups in total. The van der Waals surface area contributed by atoms with Crippen molar-refractivity contribution < 1.29 is 17.9 Å². The van der Waals surface area contributed by atoms with Crippen molar-refractivity contribution in [2.24, 2.45) is 0 Å². The molecule has 152 valence electrons. The zero-order valence-electron chi connectivity index (χ0n) is 15.7. The summed E-state index contributed by atoms with van der Waals surface area (Å²) in [6.07, 6.45) is 1.09. The van der Waals surface area contributed by atoms with Crippen LogP contribution < -0.4 is 14.8 Å². The second kappa shape index (κ2) is 9.27. The van der Waals surface area contributed by atoms with Crippen molar-refractivity contribution in [3.8, 4) is 5.75 Å². The predicted octanol–water partition coefficient (Wildman–Crippen LogP) is 2.28. The summed E-state index contributed by atoms with van der Waals surface area (Å²) in [6.45, 7) is 1.93. The highest BCUT2D eigenvalue weighted by Gasteiger charge is 2.30. The fourth-order valence-corrected chi connectivity index (χ4v) is 3.79. The van der Waals surface area contributed by atoms with Crippen LogP contribution in [0.3, 0.4) is 0 Å². The number of benzene rings is 2. The fraction of sp³-hybridized carbons (Fsp3) is 0.316. The SMILES string of the molecule is COc1ccccc1C1CNCCN1C(=O)c1ccc(NS(C)(=O)=O)cc1.Cl. The molecule has 0 radical (unpaired) electrons. The Balaban J connectivity index is 0.00000280. The van der Waals surface area contributed by atoms with Crippen LogP contribution in [0.15, 0.2) is 48.5 Å². The molecule has 1 atom stereocenters. The third kappa shape index (κ3) is 5.15. The van der Waals surface area contributed by atoms with Gasteiger partial charge in [0.2, 0.25) is 10.0 Å². The van der Waals surface area contributed by atoms with Gasteiger partial charge < -0.3 is 15.0 Å². The molecule has 0 aliphatic carbocycles. The maximum Gasteiger partial charge on any atom is 0.254 e. The number of carbonyl (C=O) groups excluding carboxylic acids is 1. The van der Waals surface area contributed by atoms with Crippen LogP contribution in [0.2, 0.25) is 0 Å². The van der Waals surface area contributed by atoms with Crippen molar-refractivity contribution in [3.05, 3.63) is 59.7 Å². The number of rotatable bonds is 5. The van der Waals surface area contributed by atoms with Gasteiger partial charge in [-0.2, -0.15) is 0 Å². The van der Waals surface area contributed by atoms with Gasteiger partial charge in [0.15, 0.2) is 0 Å². The number of hydrogen-bond acceptors (Lipinski definition) is 5. The summed E-state index contributed by atoms with van der Waals surface area (Å²) in [6, 6.07) is 14.0. The molecule has 0 aromatic heterocycles. The first-order chi connectivity index (χ1) is 12.9. The topological polar surface area (TPSA) is 87.7 Å². The Morgan fingerprint density at radius 1 is 1.18 bits per heavy atom. The molecule has 2 aromatic carbocycles. The lowest BCUT2D eigenvalue weighted by atomic mass is 10.0. The van der Waals surface area contributed by atoms with E-state index in [-0.39, 0.29) is 24.4 Å². The van der Waals surface area contributed by atoms with E-state index in [9.17, 15) is 13.2 Å². The van der Waals surface area contributed by atoms with E-state index in [1.807, 2.05) is 29.2 Å². The highest BCUT2D eigenvalue weighted by molar-refractivity contribution is 7.92. The van der Waals surface area contributed by atoms with Gasteiger partial charge in [-0.05, 0) is 30.3 Å². The Bertz CT molecular complexity index is 919. The summed E-state index contributed by atoms with van der Waals surface area (Å²) in [5, 5.41) is 3.33. The molecule has 1 fully saturated rings. The van der Waals surface area contributed by atoms with Crippen LogP contribution in [0, 0.1) is 0 Å². The monoisotopic (exact) mass is 425 g/mol. The third-order valence-corrected chi connectivity index (χ3v) is 5.04. The molecule has 9 heteroatoms. The summed E-state index contributed by atoms with van der Waals surface area (Å²) in [5.74, 6) is 0.648. The molecule has 1 unspecified atom stereocenters. The normalized spacial score (nSPS) is 16.8. The number of amides is 1. The van der Waals surface area contributed by atoms with Crippen molar-refractivity contribution in [1.82, 2.24) is 10.2 Å². The Hall–Kier alpha value is -2.29. The summed E-state index contributed by atoms with van der Waals surface area (Å²) in [7, 11) is -1.73. The highest BCUT2D eigenvalue weighted by Crippen LogP contribution is 2.31. The van der Waals surface area contributed by atoms with Crippen LogP contribution in [-0.4, -0.2) is 52.2 Å². The van der Waals surface area contributed by atoms with E-state index in [0.717, 1.165) is 17.6 Å². The average molecular weight is 426 g/mol. The van der Waals surface area contributed by atoms with Crippen LogP contribution in [0.25, 0.3) is 0 Å². The minimum Gasteiger partial charge on any atom is -0.496 e. The van der Waals surface area contributed by atoms with E-state index in [4.69, 9.17) is 4.74 Å². The van der Waals surface area contributed by atoms with Gasteiger partial charge in [-0.15, -0.1) is 12.4 Å². The van der Waals surface area contributed by atoms with Crippen molar-refractivity contribution in [2.45, 2.75) is 6.04 Å². The van der Waals surface area contributed by atoms with Gasteiger partial charge in [0.1, 0.15) is 5.75 Å². The van der Waals surface area contributed by atoms with Gasteiger partial charge in [0.25, 0.3) is 5.91 Å². The summed E-state index contributed by atoms with van der Waals surface area (Å²) < 4.78 is 30.5. The average Bonchev–Trinajstić information content (AvgIpc) is 2.67. The summed E-state index contributed by atoms with van der Waals surface area (Å²) >= 11 is 0. The molecule has 7 nitrogen and oxygen atoms in total. The number of anilines is 1. The molecule has 1 aliphatic heterocycles. The van der Waals surface area contributed by atoms with E-state index in [0.29, 0.717) is 30.9 Å². The molecule has 0 bridgehead atoms. The van der Waals surface area contributed by atoms with E-state index >= 15 is 0 Å². The van der Waals surface area contributed by atoms with Gasteiger partial charge >= 0.3 is 0 Å². The standard InChI is InChI=1S/C19H23N3O4S.ClH/c1-26-18-6-4-3-5-16(18)17-13-20-11-12-22(17)19(23)14-7-9-15(10-8-14)21-27(2,24)25;/h3-10,17,20-21H,11-13H2,1-2H3;1H. The number of piperazine rings is 1. The maximum atomic E-state index is 13.1. The van der Waals surface area contributed by atoms with Crippen LogP contribution in [-0.2, 0) is 10.0 Å².